The minimum Gasteiger partial charge on any atom is -0.513 e. The van der Waals surface area contributed by atoms with Gasteiger partial charge in [-0.05, 0) is 143 Å². The summed E-state index contributed by atoms with van der Waals surface area (Å²) >= 11 is 0. The zero-order valence-corrected chi connectivity index (χ0v) is 50.5. The normalized spacial score (nSPS) is 11.5. The molecule has 398 valence electrons. The van der Waals surface area contributed by atoms with Crippen molar-refractivity contribution >= 4 is 43.4 Å². The van der Waals surface area contributed by atoms with Gasteiger partial charge in [-0.25, -0.2) is 9.13 Å². The Morgan fingerprint density at radius 3 is 1.67 bits per heavy atom. The third kappa shape index (κ3) is 18.2. The van der Waals surface area contributed by atoms with E-state index in [2.05, 4.69) is 196 Å². The van der Waals surface area contributed by atoms with Gasteiger partial charge in [0, 0.05) is 76.2 Å². The second kappa shape index (κ2) is 31.3. The monoisotopic (exact) mass is 1370 g/mol. The molecule has 2 atom stereocenters. The number of aryl methyl sites for hydroxylation is 8. The fraction of sp³-hybridized carbons (Fsp3) is 0.212. The molecule has 10 rings (SSSR count). The minimum absolute atomic E-state index is 0. The van der Waals surface area contributed by atoms with Gasteiger partial charge in [0.05, 0.1) is 34.7 Å². The van der Waals surface area contributed by atoms with Crippen molar-refractivity contribution in [1.29, 1.82) is 0 Å². The van der Waals surface area contributed by atoms with Crippen molar-refractivity contribution in [2.24, 2.45) is 14.1 Å². The van der Waals surface area contributed by atoms with Gasteiger partial charge < -0.3 is 30.4 Å². The number of allylic oxidation sites excluding steroid dienone is 2. The number of pyridine rings is 4. The van der Waals surface area contributed by atoms with Crippen LogP contribution in [-0.4, -0.2) is 42.6 Å². The molecule has 4 aromatic heterocycles. The number of hydrogen-bond donors (Lipinski definition) is 4. The largest absolute Gasteiger partial charge is 0.513 e. The van der Waals surface area contributed by atoms with Crippen LogP contribution in [0.3, 0.4) is 0 Å². The molecule has 0 aliphatic carbocycles. The number of fused-ring (bicyclic) bond motifs is 6. The van der Waals surface area contributed by atoms with Crippen LogP contribution < -0.4 is 9.13 Å². The maximum Gasteiger partial charge on any atom is 0.220 e. The average Bonchev–Trinajstić information content (AvgIpc) is 3.36. The van der Waals surface area contributed by atoms with Gasteiger partial charge in [0.15, 0.2) is 12.4 Å². The topological polar surface area (TPSA) is 114 Å². The number of aliphatic hydroxyl groups excluding tert-OH is 4. The predicted molar refractivity (Wildman–Crippen MR) is 307 cm³/mol. The quantitative estimate of drug-likeness (QED) is 0.0604. The summed E-state index contributed by atoms with van der Waals surface area (Å²) in [5.41, 5.74) is 14.9. The van der Waals surface area contributed by atoms with Gasteiger partial charge >= 0.3 is 0 Å². The molecule has 0 aliphatic heterocycles. The van der Waals surface area contributed by atoms with E-state index in [1.54, 1.807) is 20.0 Å². The van der Waals surface area contributed by atoms with Gasteiger partial charge in [-0.15, -0.1) is 70.4 Å². The average molecular weight is 1370 g/mol. The molecule has 0 amide bonds. The molecule has 2 unspecified atom stereocenters. The van der Waals surface area contributed by atoms with Crippen molar-refractivity contribution in [3.8, 4) is 22.5 Å². The van der Waals surface area contributed by atoms with E-state index >= 15 is 0 Å². The molecular formula is C66H72Ir2N4O4. The summed E-state index contributed by atoms with van der Waals surface area (Å²) in [7, 11) is 4.20. The fourth-order valence-corrected chi connectivity index (χ4v) is 8.70. The number of rotatable bonds is 4. The first kappa shape index (κ1) is 63.5. The van der Waals surface area contributed by atoms with Crippen LogP contribution in [0.4, 0.5) is 0 Å². The third-order valence-electron chi connectivity index (χ3n) is 12.0. The Labute approximate surface area is 477 Å². The van der Waals surface area contributed by atoms with Crippen LogP contribution in [0.25, 0.3) is 65.9 Å². The van der Waals surface area contributed by atoms with Gasteiger partial charge in [0.25, 0.3) is 0 Å². The molecule has 0 aliphatic rings. The Morgan fingerprint density at radius 2 is 1.07 bits per heavy atom. The van der Waals surface area contributed by atoms with Crippen molar-refractivity contribution in [1.82, 2.24) is 9.97 Å². The summed E-state index contributed by atoms with van der Waals surface area (Å²) in [6, 6.07) is 56.5. The molecule has 0 fully saturated rings. The van der Waals surface area contributed by atoms with Crippen molar-refractivity contribution in [2.45, 2.75) is 81.4 Å². The van der Waals surface area contributed by atoms with Crippen LogP contribution in [0, 0.1) is 53.7 Å². The molecule has 2 radical (unpaired) electrons. The van der Waals surface area contributed by atoms with E-state index in [0.29, 0.717) is 0 Å². The number of aliphatic hydroxyl groups is 4. The zero-order chi connectivity index (χ0) is 53.9. The summed E-state index contributed by atoms with van der Waals surface area (Å²) in [5.74, 6) is 0.324. The zero-order valence-electron chi connectivity index (χ0n) is 45.7. The van der Waals surface area contributed by atoms with Gasteiger partial charge in [-0.2, -0.15) is 0 Å². The standard InChI is InChI=1S/C16H16N.C14H10N.C14H16N.C12H10N.2C5H10O2.2Ir/c1-11-6-4-7-13-10-12(2)14-8-5-9-17(3)16(14)15(11)13;1-10-9-11-5-2-3-6-13(11)14-12(10)7-4-8-15-14;1-11-7-6-8-12(2)14(11)13-9-4-5-10-15(13)3;1-10-6-2-3-7-11(10)12-8-4-5-9-13-12;2*1-4(6)3-5(2)7;;/h4-10H,1-3H3;2-5,7-9H,1H3;4-10H,1-3H3;2-6,8-9H,1H3;2*3-4,6-7H,1-2H3;;/q+1;-1;+1;-1;;;;. The number of hydrogen-bond acceptors (Lipinski definition) is 6. The molecule has 10 aromatic rings. The molecule has 0 saturated carbocycles. The maximum absolute atomic E-state index is 8.49. The first-order chi connectivity index (χ1) is 35.4. The van der Waals surface area contributed by atoms with Gasteiger partial charge in [-0.1, -0.05) is 79.2 Å². The Morgan fingerprint density at radius 1 is 0.526 bits per heavy atom. The van der Waals surface area contributed by atoms with Crippen molar-refractivity contribution in [3.63, 3.8) is 0 Å². The van der Waals surface area contributed by atoms with Crippen LogP contribution in [0.5, 0.6) is 0 Å². The van der Waals surface area contributed by atoms with Gasteiger partial charge in [0.1, 0.15) is 14.1 Å². The molecule has 4 N–H and O–H groups in total. The van der Waals surface area contributed by atoms with E-state index in [1.165, 1.54) is 103 Å². The minimum atomic E-state index is -0.537. The predicted octanol–water partition coefficient (Wildman–Crippen LogP) is 14.2. The van der Waals surface area contributed by atoms with Crippen LogP contribution >= 0.6 is 0 Å². The van der Waals surface area contributed by atoms with E-state index in [1.807, 2.05) is 54.7 Å². The smallest absolute Gasteiger partial charge is 0.220 e. The maximum atomic E-state index is 8.49. The van der Waals surface area contributed by atoms with Crippen LogP contribution in [0.1, 0.15) is 61.1 Å². The SMILES string of the molecule is CC(O)=CC(C)O.CC(O)=CC(C)O.Cc1cc2ccc[c-]c2c2ncccc12.Cc1cc2cccc(C)c2c2c1ccc[n+]2C.Cc1ccc[c-]c1-c1ccccn1.Cc1cccc(C)c1-c1cccc[n+]1C.[Ir].[Ir]. The summed E-state index contributed by atoms with van der Waals surface area (Å²) < 4.78 is 4.38. The summed E-state index contributed by atoms with van der Waals surface area (Å²) in [6.07, 6.45) is 9.49. The summed E-state index contributed by atoms with van der Waals surface area (Å²) in [4.78, 5) is 8.72. The fourth-order valence-electron chi connectivity index (χ4n) is 8.70. The van der Waals surface area contributed by atoms with Crippen LogP contribution in [-0.2, 0) is 54.3 Å². The molecule has 6 aromatic carbocycles. The Balaban J connectivity index is 0.000000246. The second-order valence-electron chi connectivity index (χ2n) is 18.5. The van der Waals surface area contributed by atoms with Crippen molar-refractivity contribution in [3.05, 3.63) is 240 Å². The first-order valence-electron chi connectivity index (χ1n) is 24.8. The Bertz CT molecular complexity index is 3450. The number of benzene rings is 6. The molecule has 0 saturated heterocycles. The van der Waals surface area contributed by atoms with E-state index < -0.39 is 12.2 Å². The molecule has 8 nitrogen and oxygen atoms in total. The van der Waals surface area contributed by atoms with E-state index in [0.717, 1.165) is 22.2 Å². The molecule has 4 heterocycles. The van der Waals surface area contributed by atoms with Crippen LogP contribution in [0.15, 0.2) is 194 Å². The second-order valence-corrected chi connectivity index (χ2v) is 18.5. The van der Waals surface area contributed by atoms with Gasteiger partial charge in [0.2, 0.25) is 11.2 Å². The van der Waals surface area contributed by atoms with E-state index in [-0.39, 0.29) is 51.7 Å². The molecule has 0 bridgehead atoms. The summed E-state index contributed by atoms with van der Waals surface area (Å²) in [6.45, 7) is 19.1. The van der Waals surface area contributed by atoms with E-state index in [4.69, 9.17) is 20.4 Å². The molecule has 76 heavy (non-hydrogen) atoms. The Kier molecular flexibility index (Phi) is 26.2. The van der Waals surface area contributed by atoms with Crippen molar-refractivity contribution < 1.29 is 69.8 Å². The third-order valence-corrected chi connectivity index (χ3v) is 12.0. The van der Waals surface area contributed by atoms with E-state index in [9.17, 15) is 0 Å². The number of nitrogens with zero attached hydrogens (tertiary/aromatic N) is 4. The van der Waals surface area contributed by atoms with Crippen LogP contribution in [0.2, 0.25) is 0 Å². The molecule has 10 heteroatoms. The van der Waals surface area contributed by atoms with Gasteiger partial charge in [-0.3, -0.25) is 0 Å². The number of aromatic nitrogens is 4. The molecular weight excluding hydrogens is 1300 g/mol. The summed E-state index contributed by atoms with van der Waals surface area (Å²) in [5, 5.41) is 41.4. The first-order valence-corrected chi connectivity index (χ1v) is 24.8. The van der Waals surface area contributed by atoms with Crippen molar-refractivity contribution in [2.75, 3.05) is 0 Å². The molecule has 0 spiro atoms. The Hall–Kier alpha value is -6.74.